The van der Waals surface area contributed by atoms with Gasteiger partial charge >= 0.3 is 5.69 Å². The Morgan fingerprint density at radius 1 is 1.10 bits per heavy atom. The van der Waals surface area contributed by atoms with Gasteiger partial charge in [0.2, 0.25) is 5.91 Å². The van der Waals surface area contributed by atoms with Crippen LogP contribution >= 0.6 is 11.6 Å². The van der Waals surface area contributed by atoms with Crippen molar-refractivity contribution >= 4 is 28.4 Å². The Bertz CT molecular complexity index is 1220. The minimum atomic E-state index is -0.462. The summed E-state index contributed by atoms with van der Waals surface area (Å²) in [6.07, 6.45) is 1.40. The molecule has 164 valence electrons. The fourth-order valence-corrected chi connectivity index (χ4v) is 3.72. The van der Waals surface area contributed by atoms with Gasteiger partial charge in [0.15, 0.2) is 0 Å². The molecule has 0 radical (unpaired) electrons. The van der Waals surface area contributed by atoms with Crippen LogP contribution in [0.2, 0.25) is 5.02 Å². The average Bonchev–Trinajstić information content (AvgIpc) is 2.71. The Morgan fingerprint density at radius 2 is 1.84 bits per heavy atom. The summed E-state index contributed by atoms with van der Waals surface area (Å²) in [5.41, 5.74) is 0.237. The first-order valence-corrected chi connectivity index (χ1v) is 10.6. The number of aromatic nitrogens is 2. The third-order valence-electron chi connectivity index (χ3n) is 4.96. The van der Waals surface area contributed by atoms with Crippen molar-refractivity contribution in [2.75, 3.05) is 0 Å². The third kappa shape index (κ3) is 5.41. The van der Waals surface area contributed by atoms with Gasteiger partial charge in [-0.3, -0.25) is 18.7 Å². The van der Waals surface area contributed by atoms with E-state index in [1.54, 1.807) is 24.3 Å². The SMILES string of the molecule is CC(C)NC(=O)CCCCn1c(=O)c2ccccc2n(Cc2ccc(F)cc2Cl)c1=O. The number of halogens is 2. The Balaban J connectivity index is 1.91. The van der Waals surface area contributed by atoms with Crippen LogP contribution in [0.4, 0.5) is 4.39 Å². The maximum Gasteiger partial charge on any atom is 0.331 e. The number of carbonyl (C=O) groups excluding carboxylic acids is 1. The van der Waals surface area contributed by atoms with Crippen molar-refractivity contribution in [1.29, 1.82) is 0 Å². The summed E-state index contributed by atoms with van der Waals surface area (Å²) in [6, 6.07) is 11.0. The number of hydrogen-bond acceptors (Lipinski definition) is 3. The number of para-hydroxylation sites is 1. The van der Waals surface area contributed by atoms with Crippen molar-refractivity contribution in [3.8, 4) is 0 Å². The molecule has 31 heavy (non-hydrogen) atoms. The van der Waals surface area contributed by atoms with E-state index in [2.05, 4.69) is 5.32 Å². The largest absolute Gasteiger partial charge is 0.354 e. The minimum Gasteiger partial charge on any atom is -0.354 e. The highest BCUT2D eigenvalue weighted by Crippen LogP contribution is 2.19. The fourth-order valence-electron chi connectivity index (χ4n) is 3.49. The van der Waals surface area contributed by atoms with Crippen LogP contribution in [0.25, 0.3) is 10.9 Å². The normalized spacial score (nSPS) is 11.3. The maximum absolute atomic E-state index is 13.4. The number of rotatable bonds is 8. The van der Waals surface area contributed by atoms with Crippen LogP contribution in [-0.4, -0.2) is 21.1 Å². The van der Waals surface area contributed by atoms with Gasteiger partial charge in [0, 0.05) is 24.0 Å². The van der Waals surface area contributed by atoms with Crippen LogP contribution in [0.15, 0.2) is 52.1 Å². The predicted molar refractivity (Wildman–Crippen MR) is 120 cm³/mol. The number of unbranched alkanes of at least 4 members (excludes halogenated alkanes) is 1. The second-order valence-corrected chi connectivity index (χ2v) is 8.16. The molecular weight excluding hydrogens is 421 g/mol. The molecule has 1 N–H and O–H groups in total. The summed E-state index contributed by atoms with van der Waals surface area (Å²) in [6.45, 7) is 4.09. The number of carbonyl (C=O) groups is 1. The van der Waals surface area contributed by atoms with E-state index >= 15 is 0 Å². The zero-order chi connectivity index (χ0) is 22.5. The predicted octanol–water partition coefficient (Wildman–Crippen LogP) is 3.70. The van der Waals surface area contributed by atoms with Gasteiger partial charge < -0.3 is 5.32 Å². The van der Waals surface area contributed by atoms with Crippen molar-refractivity contribution in [2.45, 2.75) is 52.2 Å². The first-order chi connectivity index (χ1) is 14.8. The van der Waals surface area contributed by atoms with Crippen LogP contribution in [-0.2, 0) is 17.9 Å². The number of hydrogen-bond donors (Lipinski definition) is 1. The van der Waals surface area contributed by atoms with E-state index in [4.69, 9.17) is 11.6 Å². The molecule has 1 amide bonds. The molecule has 0 aliphatic rings. The molecule has 0 aliphatic heterocycles. The number of nitrogens with one attached hydrogen (secondary N) is 1. The van der Waals surface area contributed by atoms with E-state index in [1.165, 1.54) is 27.3 Å². The van der Waals surface area contributed by atoms with E-state index in [1.807, 2.05) is 13.8 Å². The standard InChI is InChI=1S/C23H25ClFN3O3/c1-15(2)26-21(29)9-5-6-12-27-22(30)18-7-3-4-8-20(18)28(23(27)31)14-16-10-11-17(25)13-19(16)24/h3-4,7-8,10-11,13,15H,5-6,9,12,14H2,1-2H3,(H,26,29). The van der Waals surface area contributed by atoms with E-state index in [0.717, 1.165) is 0 Å². The molecule has 8 heteroatoms. The second-order valence-electron chi connectivity index (χ2n) is 7.76. The van der Waals surface area contributed by atoms with Gasteiger partial charge in [0.25, 0.3) is 5.56 Å². The summed E-state index contributed by atoms with van der Waals surface area (Å²) < 4.78 is 16.1. The molecule has 2 aromatic carbocycles. The van der Waals surface area contributed by atoms with Gasteiger partial charge in [-0.15, -0.1) is 0 Å². The van der Waals surface area contributed by atoms with Crippen LogP contribution < -0.4 is 16.6 Å². The van der Waals surface area contributed by atoms with Gasteiger partial charge in [0.05, 0.1) is 17.4 Å². The van der Waals surface area contributed by atoms with Gasteiger partial charge in [-0.1, -0.05) is 29.8 Å². The lowest BCUT2D eigenvalue weighted by Crippen LogP contribution is -2.40. The molecular formula is C23H25ClFN3O3. The minimum absolute atomic E-state index is 0.0516. The van der Waals surface area contributed by atoms with Gasteiger partial charge in [-0.25, -0.2) is 9.18 Å². The highest BCUT2D eigenvalue weighted by molar-refractivity contribution is 6.31. The Labute approximate surface area is 184 Å². The maximum atomic E-state index is 13.4. The number of amides is 1. The zero-order valence-electron chi connectivity index (χ0n) is 17.5. The molecule has 0 aliphatic carbocycles. The summed E-state index contributed by atoms with van der Waals surface area (Å²) in [5, 5.41) is 3.45. The van der Waals surface area contributed by atoms with Crippen LogP contribution in [0.1, 0.15) is 38.7 Å². The monoisotopic (exact) mass is 445 g/mol. The molecule has 0 spiro atoms. The summed E-state index contributed by atoms with van der Waals surface area (Å²) in [4.78, 5) is 37.9. The van der Waals surface area contributed by atoms with Crippen LogP contribution in [0.3, 0.4) is 0 Å². The first kappa shape index (κ1) is 22.7. The van der Waals surface area contributed by atoms with Crippen molar-refractivity contribution in [3.05, 3.63) is 79.7 Å². The smallest absolute Gasteiger partial charge is 0.331 e. The van der Waals surface area contributed by atoms with E-state index in [-0.39, 0.29) is 35.6 Å². The Morgan fingerprint density at radius 3 is 2.55 bits per heavy atom. The zero-order valence-corrected chi connectivity index (χ0v) is 18.3. The molecule has 0 saturated carbocycles. The fraction of sp³-hybridized carbons (Fsp3) is 0.348. The van der Waals surface area contributed by atoms with Gasteiger partial charge in [-0.2, -0.15) is 0 Å². The number of nitrogens with zero attached hydrogens (tertiary/aromatic N) is 2. The topological polar surface area (TPSA) is 73.1 Å². The molecule has 0 fully saturated rings. The molecule has 6 nitrogen and oxygen atoms in total. The lowest BCUT2D eigenvalue weighted by atomic mass is 10.2. The van der Waals surface area contributed by atoms with E-state index < -0.39 is 11.5 Å². The Hall–Kier alpha value is -2.93. The molecule has 1 heterocycles. The Kier molecular flexibility index (Phi) is 7.28. The van der Waals surface area contributed by atoms with E-state index in [9.17, 15) is 18.8 Å². The van der Waals surface area contributed by atoms with Crippen molar-refractivity contribution < 1.29 is 9.18 Å². The quantitative estimate of drug-likeness (QED) is 0.537. The molecule has 0 unspecified atom stereocenters. The van der Waals surface area contributed by atoms with Crippen molar-refractivity contribution in [3.63, 3.8) is 0 Å². The van der Waals surface area contributed by atoms with Gasteiger partial charge in [0.1, 0.15) is 5.82 Å². The lowest BCUT2D eigenvalue weighted by Gasteiger charge is -2.15. The highest BCUT2D eigenvalue weighted by atomic mass is 35.5. The second kappa shape index (κ2) is 9.92. The summed E-state index contributed by atoms with van der Waals surface area (Å²) in [5.74, 6) is -0.512. The van der Waals surface area contributed by atoms with Crippen LogP contribution in [0.5, 0.6) is 0 Å². The number of benzene rings is 2. The third-order valence-corrected chi connectivity index (χ3v) is 5.31. The highest BCUT2D eigenvalue weighted by Gasteiger charge is 2.14. The molecule has 3 aromatic rings. The van der Waals surface area contributed by atoms with Crippen LogP contribution in [0, 0.1) is 5.82 Å². The molecule has 0 atom stereocenters. The van der Waals surface area contributed by atoms with E-state index in [0.29, 0.717) is 35.7 Å². The first-order valence-electron chi connectivity index (χ1n) is 10.2. The molecule has 0 saturated heterocycles. The molecule has 1 aromatic heterocycles. The summed E-state index contributed by atoms with van der Waals surface area (Å²) in [7, 11) is 0. The number of fused-ring (bicyclic) bond motifs is 1. The molecule has 3 rings (SSSR count). The molecule has 0 bridgehead atoms. The van der Waals surface area contributed by atoms with Crippen molar-refractivity contribution in [2.24, 2.45) is 0 Å². The average molecular weight is 446 g/mol. The van der Waals surface area contributed by atoms with Gasteiger partial charge in [-0.05, 0) is 56.5 Å². The van der Waals surface area contributed by atoms with Crippen molar-refractivity contribution in [1.82, 2.24) is 14.5 Å². The lowest BCUT2D eigenvalue weighted by molar-refractivity contribution is -0.121. The summed E-state index contributed by atoms with van der Waals surface area (Å²) >= 11 is 6.16.